The van der Waals surface area contributed by atoms with Gasteiger partial charge >= 0.3 is 12.0 Å². The second-order valence-electron chi connectivity index (χ2n) is 6.36. The fourth-order valence-electron chi connectivity index (χ4n) is 2.66. The van der Waals surface area contributed by atoms with E-state index in [4.69, 9.17) is 33.0 Å². The van der Waals surface area contributed by atoms with E-state index < -0.39 is 24.5 Å². The SMILES string of the molecule is Cc1ccc(COc2c(Cl)cc(/C=C3/NC(=O)N(CC(=O)O)C3=O)cc2Cl)cc1. The van der Waals surface area contributed by atoms with Crippen molar-refractivity contribution in [2.24, 2.45) is 0 Å². The van der Waals surface area contributed by atoms with Crippen molar-refractivity contribution < 1.29 is 24.2 Å². The molecule has 0 saturated carbocycles. The third kappa shape index (κ3) is 4.88. The van der Waals surface area contributed by atoms with Gasteiger partial charge in [-0.25, -0.2) is 9.69 Å². The number of amides is 3. The number of halogens is 2. The second-order valence-corrected chi connectivity index (χ2v) is 7.18. The predicted molar refractivity (Wildman–Crippen MR) is 108 cm³/mol. The first-order valence-corrected chi connectivity index (χ1v) is 9.24. The lowest BCUT2D eigenvalue weighted by molar-refractivity contribution is -0.140. The number of benzene rings is 2. The van der Waals surface area contributed by atoms with Crippen LogP contribution in [0.4, 0.5) is 4.79 Å². The van der Waals surface area contributed by atoms with Crippen LogP contribution in [0.1, 0.15) is 16.7 Å². The summed E-state index contributed by atoms with van der Waals surface area (Å²) in [6.45, 7) is 1.54. The highest BCUT2D eigenvalue weighted by Gasteiger charge is 2.34. The van der Waals surface area contributed by atoms with Crippen LogP contribution in [0.25, 0.3) is 6.08 Å². The zero-order chi connectivity index (χ0) is 21.1. The van der Waals surface area contributed by atoms with E-state index in [0.29, 0.717) is 16.2 Å². The number of urea groups is 1. The normalized spacial score (nSPS) is 15.0. The Bertz CT molecular complexity index is 995. The Hall–Kier alpha value is -3.03. The van der Waals surface area contributed by atoms with Crippen LogP contribution in [0.5, 0.6) is 5.75 Å². The number of aryl methyl sites for hydroxylation is 1. The van der Waals surface area contributed by atoms with Crippen molar-refractivity contribution in [3.63, 3.8) is 0 Å². The third-order valence-corrected chi connectivity index (χ3v) is 4.65. The van der Waals surface area contributed by atoms with Crippen LogP contribution in [0.3, 0.4) is 0 Å². The summed E-state index contributed by atoms with van der Waals surface area (Å²) in [5, 5.41) is 11.6. The summed E-state index contributed by atoms with van der Waals surface area (Å²) < 4.78 is 5.72. The topological polar surface area (TPSA) is 95.9 Å². The summed E-state index contributed by atoms with van der Waals surface area (Å²) in [5.41, 5.74) is 2.46. The first-order valence-electron chi connectivity index (χ1n) is 8.48. The van der Waals surface area contributed by atoms with Crippen molar-refractivity contribution in [2.45, 2.75) is 13.5 Å². The van der Waals surface area contributed by atoms with Gasteiger partial charge in [0, 0.05) is 0 Å². The molecule has 1 saturated heterocycles. The fourth-order valence-corrected chi connectivity index (χ4v) is 3.27. The lowest BCUT2D eigenvalue weighted by Crippen LogP contribution is -2.35. The molecule has 0 bridgehead atoms. The van der Waals surface area contributed by atoms with Crippen molar-refractivity contribution in [3.05, 3.63) is 68.8 Å². The van der Waals surface area contributed by atoms with E-state index in [1.54, 1.807) is 0 Å². The molecule has 3 rings (SSSR count). The Kier molecular flexibility index (Phi) is 6.10. The van der Waals surface area contributed by atoms with Gasteiger partial charge in [-0.15, -0.1) is 0 Å². The van der Waals surface area contributed by atoms with Gasteiger partial charge in [0.1, 0.15) is 18.8 Å². The molecule has 0 radical (unpaired) electrons. The zero-order valence-corrected chi connectivity index (χ0v) is 16.8. The molecule has 2 N–H and O–H groups in total. The molecule has 1 heterocycles. The molecule has 29 heavy (non-hydrogen) atoms. The Morgan fingerprint density at radius 2 is 1.79 bits per heavy atom. The maximum absolute atomic E-state index is 12.2. The highest BCUT2D eigenvalue weighted by Crippen LogP contribution is 2.35. The van der Waals surface area contributed by atoms with Gasteiger partial charge in [-0.1, -0.05) is 53.0 Å². The van der Waals surface area contributed by atoms with Gasteiger partial charge in [-0.05, 0) is 36.3 Å². The van der Waals surface area contributed by atoms with Crippen molar-refractivity contribution in [3.8, 4) is 5.75 Å². The number of aliphatic carboxylic acids is 1. The average Bonchev–Trinajstić information content (AvgIpc) is 2.89. The van der Waals surface area contributed by atoms with Crippen LogP contribution in [0.2, 0.25) is 10.0 Å². The van der Waals surface area contributed by atoms with Gasteiger partial charge in [-0.3, -0.25) is 9.59 Å². The highest BCUT2D eigenvalue weighted by molar-refractivity contribution is 6.37. The van der Waals surface area contributed by atoms with Gasteiger partial charge in [0.05, 0.1) is 10.0 Å². The standard InChI is InChI=1S/C20H16Cl2N2O5/c1-11-2-4-12(5-3-11)10-29-18-14(21)6-13(7-15(18)22)8-16-19(27)24(9-17(25)26)20(28)23-16/h2-8H,9-10H2,1H3,(H,23,28)(H,25,26)/b16-8+. The van der Waals surface area contributed by atoms with E-state index in [1.807, 2.05) is 31.2 Å². The molecule has 9 heteroatoms. The molecule has 1 aliphatic heterocycles. The molecular formula is C20H16Cl2N2O5. The van der Waals surface area contributed by atoms with Crippen molar-refractivity contribution >= 4 is 47.2 Å². The number of carboxylic acids is 1. The smallest absolute Gasteiger partial charge is 0.329 e. The van der Waals surface area contributed by atoms with Crippen molar-refractivity contribution in [2.75, 3.05) is 6.54 Å². The van der Waals surface area contributed by atoms with Crippen molar-refractivity contribution in [1.82, 2.24) is 10.2 Å². The summed E-state index contributed by atoms with van der Waals surface area (Å²) in [6, 6.07) is 10.1. The van der Waals surface area contributed by atoms with Gasteiger partial charge in [0.25, 0.3) is 5.91 Å². The molecule has 0 unspecified atom stereocenters. The molecule has 0 aromatic heterocycles. The van der Waals surface area contributed by atoms with E-state index in [1.165, 1.54) is 18.2 Å². The van der Waals surface area contributed by atoms with E-state index in [0.717, 1.165) is 11.1 Å². The van der Waals surface area contributed by atoms with E-state index in [-0.39, 0.29) is 22.3 Å². The molecule has 150 valence electrons. The molecule has 7 nitrogen and oxygen atoms in total. The maximum atomic E-state index is 12.2. The minimum absolute atomic E-state index is 0.0725. The Morgan fingerprint density at radius 1 is 1.17 bits per heavy atom. The predicted octanol–water partition coefficient (Wildman–Crippen LogP) is 3.86. The lowest BCUT2D eigenvalue weighted by atomic mass is 10.1. The number of carboxylic acid groups (broad SMARTS) is 1. The van der Waals surface area contributed by atoms with E-state index in [9.17, 15) is 14.4 Å². The largest absolute Gasteiger partial charge is 0.486 e. The van der Waals surface area contributed by atoms with Crippen LogP contribution < -0.4 is 10.1 Å². The molecule has 2 aromatic rings. The number of ether oxygens (including phenoxy) is 1. The number of imide groups is 1. The van der Waals surface area contributed by atoms with Crippen LogP contribution in [0.15, 0.2) is 42.1 Å². The Labute approximate surface area is 176 Å². The molecule has 1 aliphatic rings. The average molecular weight is 435 g/mol. The molecule has 0 spiro atoms. The zero-order valence-electron chi connectivity index (χ0n) is 15.2. The fraction of sp³-hybridized carbons (Fsp3) is 0.150. The van der Waals surface area contributed by atoms with E-state index in [2.05, 4.69) is 5.32 Å². The van der Waals surface area contributed by atoms with Gasteiger partial charge in [0.2, 0.25) is 0 Å². The number of hydrogen-bond acceptors (Lipinski definition) is 4. The van der Waals surface area contributed by atoms with E-state index >= 15 is 0 Å². The van der Waals surface area contributed by atoms with Crippen LogP contribution in [-0.2, 0) is 16.2 Å². The Balaban J connectivity index is 1.77. The molecule has 3 amide bonds. The van der Waals surface area contributed by atoms with Crippen LogP contribution >= 0.6 is 23.2 Å². The third-order valence-electron chi connectivity index (χ3n) is 4.09. The van der Waals surface area contributed by atoms with Crippen LogP contribution in [0, 0.1) is 6.92 Å². The minimum atomic E-state index is -1.30. The summed E-state index contributed by atoms with van der Waals surface area (Å²) in [7, 11) is 0. The van der Waals surface area contributed by atoms with Gasteiger partial charge in [0.15, 0.2) is 5.75 Å². The number of hydrogen-bond donors (Lipinski definition) is 2. The number of carbonyl (C=O) groups excluding carboxylic acids is 2. The van der Waals surface area contributed by atoms with Gasteiger partial charge in [-0.2, -0.15) is 0 Å². The number of nitrogens with one attached hydrogen (secondary N) is 1. The quantitative estimate of drug-likeness (QED) is 0.531. The van der Waals surface area contributed by atoms with Gasteiger partial charge < -0.3 is 15.2 Å². The summed E-state index contributed by atoms with van der Waals surface area (Å²) in [6.07, 6.45) is 1.36. The summed E-state index contributed by atoms with van der Waals surface area (Å²) in [4.78, 5) is 35.3. The highest BCUT2D eigenvalue weighted by atomic mass is 35.5. The number of carbonyl (C=O) groups is 3. The summed E-state index contributed by atoms with van der Waals surface area (Å²) >= 11 is 12.6. The molecule has 0 aliphatic carbocycles. The number of rotatable bonds is 6. The first-order chi connectivity index (χ1) is 13.7. The second kappa shape index (κ2) is 8.55. The van der Waals surface area contributed by atoms with Crippen molar-refractivity contribution in [1.29, 1.82) is 0 Å². The molecule has 0 atom stereocenters. The summed E-state index contributed by atoms with van der Waals surface area (Å²) in [5.74, 6) is -1.74. The maximum Gasteiger partial charge on any atom is 0.329 e. The number of nitrogens with zero attached hydrogens (tertiary/aromatic N) is 1. The minimum Gasteiger partial charge on any atom is -0.486 e. The van der Waals surface area contributed by atoms with Crippen LogP contribution in [-0.4, -0.2) is 34.5 Å². The molecule has 1 fully saturated rings. The lowest BCUT2D eigenvalue weighted by Gasteiger charge is -2.11. The Morgan fingerprint density at radius 3 is 2.38 bits per heavy atom. The monoisotopic (exact) mass is 434 g/mol. The molecule has 2 aromatic carbocycles. The first kappa shape index (κ1) is 20.7. The molecular weight excluding hydrogens is 419 g/mol.